The van der Waals surface area contributed by atoms with Gasteiger partial charge in [-0.25, -0.2) is 0 Å². The Hall–Kier alpha value is -1.22. The van der Waals surface area contributed by atoms with Gasteiger partial charge in [0.1, 0.15) is 0 Å². The molecule has 2 rings (SSSR count). The average molecular weight is 277 g/mol. The lowest BCUT2D eigenvalue weighted by Gasteiger charge is -2.15. The Balaban J connectivity index is 1.94. The van der Waals surface area contributed by atoms with E-state index >= 15 is 0 Å². The van der Waals surface area contributed by atoms with Crippen LogP contribution in [-0.4, -0.2) is 20.3 Å². The third kappa shape index (κ3) is 4.41. The van der Waals surface area contributed by atoms with Crippen molar-refractivity contribution in [3.05, 3.63) is 23.8 Å². The summed E-state index contributed by atoms with van der Waals surface area (Å²) < 4.78 is 11.4. The maximum absolute atomic E-state index is 6.01. The quantitative estimate of drug-likeness (QED) is 0.734. The lowest BCUT2D eigenvalue weighted by molar-refractivity contribution is 0.240. The minimum absolute atomic E-state index is 0.724. The fourth-order valence-electron chi connectivity index (χ4n) is 2.74. The zero-order chi connectivity index (χ0) is 14.2. The van der Waals surface area contributed by atoms with E-state index in [0.717, 1.165) is 43.5 Å². The molecule has 0 radical (unpaired) electrons. The summed E-state index contributed by atoms with van der Waals surface area (Å²) in [6, 6.07) is 6.22. The standard InChI is InChI=1S/C17H27NO2/c1-3-10-18-12-15-8-9-16(19-2)17(11-15)20-13-14-6-4-5-7-14/h8-9,11,14,18H,3-7,10,12-13H2,1-2H3. The summed E-state index contributed by atoms with van der Waals surface area (Å²) >= 11 is 0. The van der Waals surface area contributed by atoms with E-state index in [9.17, 15) is 0 Å². The Morgan fingerprint density at radius 2 is 2.00 bits per heavy atom. The summed E-state index contributed by atoms with van der Waals surface area (Å²) in [5.41, 5.74) is 1.25. The molecule has 1 aliphatic rings. The van der Waals surface area contributed by atoms with Crippen LogP contribution in [0.1, 0.15) is 44.6 Å². The van der Waals surface area contributed by atoms with Crippen molar-refractivity contribution in [3.63, 3.8) is 0 Å². The van der Waals surface area contributed by atoms with Gasteiger partial charge in [-0.1, -0.05) is 25.8 Å². The molecule has 1 aromatic carbocycles. The first-order valence-electron chi connectivity index (χ1n) is 7.84. The second-order valence-electron chi connectivity index (χ2n) is 5.62. The minimum atomic E-state index is 0.724. The third-order valence-electron chi connectivity index (χ3n) is 3.93. The average Bonchev–Trinajstić information content (AvgIpc) is 2.99. The van der Waals surface area contributed by atoms with E-state index in [4.69, 9.17) is 9.47 Å². The molecule has 20 heavy (non-hydrogen) atoms. The van der Waals surface area contributed by atoms with E-state index in [1.807, 2.05) is 6.07 Å². The topological polar surface area (TPSA) is 30.5 Å². The van der Waals surface area contributed by atoms with Crippen molar-refractivity contribution in [3.8, 4) is 11.5 Å². The molecule has 0 amide bonds. The number of ether oxygens (including phenoxy) is 2. The third-order valence-corrected chi connectivity index (χ3v) is 3.93. The highest BCUT2D eigenvalue weighted by molar-refractivity contribution is 5.43. The minimum Gasteiger partial charge on any atom is -0.493 e. The largest absolute Gasteiger partial charge is 0.493 e. The highest BCUT2D eigenvalue weighted by Crippen LogP contribution is 2.31. The second kappa shape index (κ2) is 8.15. The van der Waals surface area contributed by atoms with Crippen LogP contribution in [0.3, 0.4) is 0 Å². The van der Waals surface area contributed by atoms with Gasteiger partial charge in [0.25, 0.3) is 0 Å². The molecule has 0 aromatic heterocycles. The lowest BCUT2D eigenvalue weighted by Crippen LogP contribution is -2.14. The summed E-state index contributed by atoms with van der Waals surface area (Å²) in [5, 5.41) is 3.42. The summed E-state index contributed by atoms with van der Waals surface area (Å²) in [4.78, 5) is 0. The smallest absolute Gasteiger partial charge is 0.161 e. The molecule has 1 fully saturated rings. The van der Waals surface area contributed by atoms with Crippen molar-refractivity contribution in [2.75, 3.05) is 20.3 Å². The summed E-state index contributed by atoms with van der Waals surface area (Å²) in [5.74, 6) is 2.44. The Bertz CT molecular complexity index is 400. The fourth-order valence-corrected chi connectivity index (χ4v) is 2.74. The zero-order valence-corrected chi connectivity index (χ0v) is 12.8. The number of rotatable bonds is 8. The molecule has 0 aliphatic heterocycles. The van der Waals surface area contributed by atoms with Crippen molar-refractivity contribution in [2.24, 2.45) is 5.92 Å². The molecule has 3 heteroatoms. The Labute approximate surface area is 122 Å². The van der Waals surface area contributed by atoms with E-state index in [1.165, 1.54) is 31.2 Å². The maximum atomic E-state index is 6.01. The van der Waals surface area contributed by atoms with Crippen LogP contribution >= 0.6 is 0 Å². The number of hydrogen-bond donors (Lipinski definition) is 1. The summed E-state index contributed by atoms with van der Waals surface area (Å²) in [6.45, 7) is 4.93. The van der Waals surface area contributed by atoms with Crippen LogP contribution in [0.2, 0.25) is 0 Å². The molecule has 0 saturated heterocycles. The molecule has 3 nitrogen and oxygen atoms in total. The van der Waals surface area contributed by atoms with Gasteiger partial charge in [-0.3, -0.25) is 0 Å². The van der Waals surface area contributed by atoms with Gasteiger partial charge in [-0.15, -0.1) is 0 Å². The Morgan fingerprint density at radius 1 is 1.20 bits per heavy atom. The number of hydrogen-bond acceptors (Lipinski definition) is 3. The van der Waals surface area contributed by atoms with Gasteiger partial charge in [0, 0.05) is 6.54 Å². The molecule has 0 bridgehead atoms. The van der Waals surface area contributed by atoms with Gasteiger partial charge in [0.05, 0.1) is 13.7 Å². The molecule has 112 valence electrons. The summed E-state index contributed by atoms with van der Waals surface area (Å²) in [6.07, 6.45) is 6.47. The van der Waals surface area contributed by atoms with E-state index in [1.54, 1.807) is 7.11 Å². The second-order valence-corrected chi connectivity index (χ2v) is 5.62. The summed E-state index contributed by atoms with van der Waals surface area (Å²) in [7, 11) is 1.70. The lowest BCUT2D eigenvalue weighted by atomic mass is 10.1. The van der Waals surface area contributed by atoms with Crippen molar-refractivity contribution in [2.45, 2.75) is 45.6 Å². The molecule has 0 atom stereocenters. The van der Waals surface area contributed by atoms with E-state index < -0.39 is 0 Å². The molecule has 1 aromatic rings. The van der Waals surface area contributed by atoms with Crippen molar-refractivity contribution < 1.29 is 9.47 Å². The van der Waals surface area contributed by atoms with Crippen LogP contribution in [0, 0.1) is 5.92 Å². The predicted octanol–water partition coefficient (Wildman–Crippen LogP) is 3.76. The fraction of sp³-hybridized carbons (Fsp3) is 0.647. The SMILES string of the molecule is CCCNCc1ccc(OC)c(OCC2CCCC2)c1. The van der Waals surface area contributed by atoms with Crippen molar-refractivity contribution in [1.82, 2.24) is 5.32 Å². The highest BCUT2D eigenvalue weighted by Gasteiger charge is 2.16. The number of methoxy groups -OCH3 is 1. The first kappa shape index (κ1) is 15.2. The maximum Gasteiger partial charge on any atom is 0.161 e. The molecular weight excluding hydrogens is 250 g/mol. The first-order valence-corrected chi connectivity index (χ1v) is 7.84. The van der Waals surface area contributed by atoms with Crippen LogP contribution in [0.15, 0.2) is 18.2 Å². The van der Waals surface area contributed by atoms with Gasteiger partial charge in [-0.05, 0) is 49.4 Å². The molecule has 1 saturated carbocycles. The Morgan fingerprint density at radius 3 is 2.70 bits per heavy atom. The van der Waals surface area contributed by atoms with Gasteiger partial charge in [-0.2, -0.15) is 0 Å². The molecular formula is C17H27NO2. The van der Waals surface area contributed by atoms with Gasteiger partial charge in [0.2, 0.25) is 0 Å². The zero-order valence-electron chi connectivity index (χ0n) is 12.8. The van der Waals surface area contributed by atoms with Crippen LogP contribution < -0.4 is 14.8 Å². The number of nitrogens with one attached hydrogen (secondary N) is 1. The molecule has 1 aliphatic carbocycles. The monoisotopic (exact) mass is 277 g/mol. The van der Waals surface area contributed by atoms with Crippen molar-refractivity contribution >= 4 is 0 Å². The highest BCUT2D eigenvalue weighted by atomic mass is 16.5. The van der Waals surface area contributed by atoms with Gasteiger partial charge >= 0.3 is 0 Å². The molecule has 1 N–H and O–H groups in total. The van der Waals surface area contributed by atoms with Crippen LogP contribution in [-0.2, 0) is 6.54 Å². The predicted molar refractivity (Wildman–Crippen MR) is 82.4 cm³/mol. The number of benzene rings is 1. The van der Waals surface area contributed by atoms with Gasteiger partial charge < -0.3 is 14.8 Å². The molecule has 0 spiro atoms. The van der Waals surface area contributed by atoms with Gasteiger partial charge in [0.15, 0.2) is 11.5 Å². The molecule has 0 unspecified atom stereocenters. The molecule has 0 heterocycles. The van der Waals surface area contributed by atoms with Crippen LogP contribution in [0.4, 0.5) is 0 Å². The van der Waals surface area contributed by atoms with E-state index in [0.29, 0.717) is 0 Å². The first-order chi connectivity index (χ1) is 9.83. The van der Waals surface area contributed by atoms with Crippen LogP contribution in [0.25, 0.3) is 0 Å². The Kier molecular flexibility index (Phi) is 6.19. The van der Waals surface area contributed by atoms with E-state index in [-0.39, 0.29) is 0 Å². The van der Waals surface area contributed by atoms with Crippen molar-refractivity contribution in [1.29, 1.82) is 0 Å². The van der Waals surface area contributed by atoms with Crippen LogP contribution in [0.5, 0.6) is 11.5 Å². The normalized spacial score (nSPS) is 15.5. The van der Waals surface area contributed by atoms with E-state index in [2.05, 4.69) is 24.4 Å².